The van der Waals surface area contributed by atoms with E-state index in [0.29, 0.717) is 52.7 Å². The molecule has 0 amide bonds. The van der Waals surface area contributed by atoms with Crippen molar-refractivity contribution in [2.75, 3.05) is 0 Å². The Morgan fingerprint density at radius 3 is 0.922 bits per heavy atom. The summed E-state index contributed by atoms with van der Waals surface area (Å²) >= 11 is 0. The van der Waals surface area contributed by atoms with Crippen LogP contribution in [-0.2, 0) is 19.6 Å². The van der Waals surface area contributed by atoms with Gasteiger partial charge in [-0.15, -0.1) is 0 Å². The zero-order chi connectivity index (χ0) is 37.7. The van der Waals surface area contributed by atoms with E-state index < -0.39 is 34.2 Å². The van der Waals surface area contributed by atoms with Crippen molar-refractivity contribution in [1.29, 1.82) is 0 Å². The van der Waals surface area contributed by atoms with Crippen molar-refractivity contribution in [3.63, 3.8) is 0 Å². The molecule has 6 rings (SSSR count). The fourth-order valence-electron chi connectivity index (χ4n) is 5.26. The second kappa shape index (κ2) is 15.4. The van der Waals surface area contributed by atoms with Gasteiger partial charge >= 0.3 is 17.9 Å². The summed E-state index contributed by atoms with van der Waals surface area (Å²) in [6.07, 6.45) is 4.04. The number of aryl methyl sites for hydroxylation is 6. The molecule has 0 aromatic carbocycles. The monoisotopic (exact) mass is 696 g/mol. The van der Waals surface area contributed by atoms with Crippen LogP contribution in [0.15, 0.2) is 69.4 Å². The Bertz CT molecular complexity index is 2250. The normalized spacial score (nSPS) is 10.7. The molecule has 0 aliphatic rings. The van der Waals surface area contributed by atoms with E-state index in [0.717, 1.165) is 17.1 Å². The predicted molar refractivity (Wildman–Crippen MR) is 190 cm³/mol. The van der Waals surface area contributed by atoms with Gasteiger partial charge in [0.2, 0.25) is 16.3 Å². The summed E-state index contributed by atoms with van der Waals surface area (Å²) in [7, 11) is 0. The molecule has 15 nitrogen and oxygen atoms in total. The number of pyridine rings is 6. The van der Waals surface area contributed by atoms with E-state index in [-0.39, 0.29) is 16.7 Å². The molecule has 6 aromatic rings. The topological polar surface area (TPSA) is 217 Å². The van der Waals surface area contributed by atoms with Crippen LogP contribution in [-0.4, -0.2) is 61.9 Å². The number of rotatable bonds is 6. The van der Waals surface area contributed by atoms with Gasteiger partial charge in [0, 0.05) is 55.3 Å². The van der Waals surface area contributed by atoms with Gasteiger partial charge in [0.25, 0.3) is 0 Å². The summed E-state index contributed by atoms with van der Waals surface area (Å²) < 4.78 is 5.02. The van der Waals surface area contributed by atoms with Crippen LogP contribution in [0.5, 0.6) is 0 Å². The van der Waals surface area contributed by atoms with Crippen molar-refractivity contribution in [2.45, 2.75) is 61.2 Å². The molecular weight excluding hydrogens is 660 g/mol. The van der Waals surface area contributed by atoms with E-state index in [4.69, 9.17) is 15.3 Å². The van der Waals surface area contributed by atoms with Crippen LogP contribution in [0.3, 0.4) is 0 Å². The molecule has 0 fully saturated rings. The summed E-state index contributed by atoms with van der Waals surface area (Å²) in [5.74, 6) is -3.63. The lowest BCUT2D eigenvalue weighted by molar-refractivity contribution is 0.0684. The van der Waals surface area contributed by atoms with Crippen LogP contribution in [0.2, 0.25) is 0 Å². The standard InChI is InChI=1S/3C12H12N2O3/c3*1-3-14-6-9(12(16)17)10(15)8-5-4-7(2)13-11(8)14/h3*4-6H,3H2,1-2H3,(H,16,17). The molecule has 0 saturated carbocycles. The highest BCUT2D eigenvalue weighted by molar-refractivity contribution is 5.93. The fourth-order valence-corrected chi connectivity index (χ4v) is 5.26. The van der Waals surface area contributed by atoms with Gasteiger partial charge in [-0.3, -0.25) is 14.4 Å². The lowest BCUT2D eigenvalue weighted by atomic mass is 10.2. The van der Waals surface area contributed by atoms with Gasteiger partial charge in [0.15, 0.2) is 0 Å². The van der Waals surface area contributed by atoms with Crippen LogP contribution < -0.4 is 16.3 Å². The van der Waals surface area contributed by atoms with Crippen LogP contribution >= 0.6 is 0 Å². The Morgan fingerprint density at radius 2 is 0.725 bits per heavy atom. The average Bonchev–Trinajstić information content (AvgIpc) is 3.09. The average molecular weight is 697 g/mol. The minimum Gasteiger partial charge on any atom is -0.477 e. The SMILES string of the molecule is CCn1cc(C(=O)O)c(=O)c2ccc(C)nc21.CCn1cc(C(=O)O)c(=O)c2ccc(C)nc21.CCn1cc(C(=O)O)c(=O)c2ccc(C)nc21. The van der Waals surface area contributed by atoms with Gasteiger partial charge in [-0.1, -0.05) is 0 Å². The quantitative estimate of drug-likeness (QED) is 0.223. The maximum Gasteiger partial charge on any atom is 0.341 e. The molecular formula is C36H36N6O9. The van der Waals surface area contributed by atoms with Crippen LogP contribution in [0.25, 0.3) is 33.1 Å². The Balaban J connectivity index is 0.000000172. The predicted octanol–water partition coefficient (Wildman–Crippen LogP) is 4.27. The van der Waals surface area contributed by atoms with E-state index >= 15 is 0 Å². The summed E-state index contributed by atoms with van der Waals surface area (Å²) in [6.45, 7) is 12.8. The molecule has 0 spiro atoms. The Kier molecular flexibility index (Phi) is 11.2. The van der Waals surface area contributed by atoms with Gasteiger partial charge in [-0.25, -0.2) is 29.3 Å². The summed E-state index contributed by atoms with van der Waals surface area (Å²) in [4.78, 5) is 81.5. The van der Waals surface area contributed by atoms with E-state index in [1.165, 1.54) is 18.6 Å². The van der Waals surface area contributed by atoms with Crippen molar-refractivity contribution < 1.29 is 29.7 Å². The number of hydrogen-bond acceptors (Lipinski definition) is 9. The largest absolute Gasteiger partial charge is 0.477 e. The Hall–Kier alpha value is -6.51. The highest BCUT2D eigenvalue weighted by Crippen LogP contribution is 2.13. The van der Waals surface area contributed by atoms with Crippen LogP contribution in [0.1, 0.15) is 68.9 Å². The van der Waals surface area contributed by atoms with Gasteiger partial charge in [0.1, 0.15) is 33.6 Å². The Labute approximate surface area is 289 Å². The molecule has 0 saturated heterocycles. The smallest absolute Gasteiger partial charge is 0.341 e. The van der Waals surface area contributed by atoms with Crippen molar-refractivity contribution in [2.24, 2.45) is 0 Å². The number of fused-ring (bicyclic) bond motifs is 3. The molecule has 0 aliphatic heterocycles. The Morgan fingerprint density at radius 1 is 0.490 bits per heavy atom. The molecule has 6 aromatic heterocycles. The van der Waals surface area contributed by atoms with E-state index in [1.54, 1.807) is 50.1 Å². The summed E-state index contributed by atoms with van der Waals surface area (Å²) in [5, 5.41) is 27.9. The van der Waals surface area contributed by atoms with Gasteiger partial charge in [-0.05, 0) is 77.9 Å². The lowest BCUT2D eigenvalue weighted by Gasteiger charge is -2.09. The molecule has 15 heteroatoms. The van der Waals surface area contributed by atoms with Crippen molar-refractivity contribution in [3.8, 4) is 0 Å². The van der Waals surface area contributed by atoms with Gasteiger partial charge in [-0.2, -0.15) is 0 Å². The maximum atomic E-state index is 11.9. The van der Waals surface area contributed by atoms with E-state index in [2.05, 4.69) is 15.0 Å². The second-order valence-corrected chi connectivity index (χ2v) is 11.4. The second-order valence-electron chi connectivity index (χ2n) is 11.4. The third-order valence-electron chi connectivity index (χ3n) is 7.90. The number of carboxylic acids is 3. The fraction of sp³-hybridized carbons (Fsp3) is 0.250. The first-order chi connectivity index (χ1) is 24.1. The molecule has 0 atom stereocenters. The highest BCUT2D eigenvalue weighted by Gasteiger charge is 2.17. The van der Waals surface area contributed by atoms with Crippen molar-refractivity contribution in [1.82, 2.24) is 28.7 Å². The first kappa shape index (κ1) is 37.3. The molecule has 264 valence electrons. The first-order valence-electron chi connectivity index (χ1n) is 15.9. The minimum absolute atomic E-state index is 0.218. The number of aromatic nitrogens is 6. The van der Waals surface area contributed by atoms with Gasteiger partial charge < -0.3 is 29.0 Å². The number of carbonyl (C=O) groups is 3. The third-order valence-corrected chi connectivity index (χ3v) is 7.90. The molecule has 0 radical (unpaired) electrons. The third kappa shape index (κ3) is 7.72. The lowest BCUT2D eigenvalue weighted by Crippen LogP contribution is -2.19. The molecule has 6 heterocycles. The zero-order valence-corrected chi connectivity index (χ0v) is 28.8. The maximum absolute atomic E-state index is 11.9. The number of hydrogen-bond donors (Lipinski definition) is 3. The number of carboxylic acid groups (broad SMARTS) is 3. The summed E-state index contributed by atoms with van der Waals surface area (Å²) in [6, 6.07) is 9.98. The van der Waals surface area contributed by atoms with Crippen molar-refractivity contribution >= 4 is 51.0 Å². The van der Waals surface area contributed by atoms with E-state index in [9.17, 15) is 28.8 Å². The van der Waals surface area contributed by atoms with Gasteiger partial charge in [0.05, 0.1) is 16.2 Å². The van der Waals surface area contributed by atoms with Crippen molar-refractivity contribution in [3.05, 3.63) is 119 Å². The van der Waals surface area contributed by atoms with Crippen LogP contribution in [0, 0.1) is 20.8 Å². The molecule has 51 heavy (non-hydrogen) atoms. The summed E-state index contributed by atoms with van der Waals surface area (Å²) in [5.41, 5.74) is 1.87. The molecule has 0 bridgehead atoms. The zero-order valence-electron chi connectivity index (χ0n) is 28.8. The van der Waals surface area contributed by atoms with Crippen LogP contribution in [0.4, 0.5) is 0 Å². The minimum atomic E-state index is -1.21. The number of aromatic carboxylic acids is 3. The number of nitrogens with zero attached hydrogens (tertiary/aromatic N) is 6. The molecule has 3 N–H and O–H groups in total. The highest BCUT2D eigenvalue weighted by atomic mass is 16.4. The molecule has 0 aliphatic carbocycles. The first-order valence-corrected chi connectivity index (χ1v) is 15.9. The van der Waals surface area contributed by atoms with E-state index in [1.807, 2.05) is 41.5 Å². The molecule has 0 unspecified atom stereocenters.